The van der Waals surface area contributed by atoms with Crippen LogP contribution in [-0.4, -0.2) is 64.9 Å². The van der Waals surface area contributed by atoms with E-state index in [4.69, 9.17) is 4.74 Å². The van der Waals surface area contributed by atoms with Gasteiger partial charge in [-0.1, -0.05) is 84.5 Å². The van der Waals surface area contributed by atoms with Crippen molar-refractivity contribution in [1.29, 1.82) is 0 Å². The fraction of sp³-hybridized carbons (Fsp3) is 0.880. The second kappa shape index (κ2) is 22.5. The predicted octanol–water partition coefficient (Wildman–Crippen LogP) is 4.48. The Labute approximate surface area is 221 Å². The van der Waals surface area contributed by atoms with Crippen molar-refractivity contribution >= 4 is 25.7 Å². The Morgan fingerprint density at radius 3 is 1.81 bits per heavy atom. The van der Waals surface area contributed by atoms with Gasteiger partial charge in [0, 0.05) is 12.8 Å². The summed E-state index contributed by atoms with van der Waals surface area (Å²) in [5.41, 5.74) is 0. The molecule has 12 heteroatoms. The molecule has 0 aromatic heterocycles. The molecule has 0 aliphatic rings. The number of aliphatic hydroxyl groups is 1. The van der Waals surface area contributed by atoms with Gasteiger partial charge in [-0.25, -0.2) is 9.36 Å². The zero-order valence-electron chi connectivity index (χ0n) is 22.5. The van der Waals surface area contributed by atoms with Crippen LogP contribution in [0.3, 0.4) is 0 Å². The predicted molar refractivity (Wildman–Crippen MR) is 139 cm³/mol. The van der Waals surface area contributed by atoms with Crippen LogP contribution in [0.1, 0.15) is 110 Å². The maximum atomic E-state index is 12.1. The highest BCUT2D eigenvalue weighted by Crippen LogP contribution is 2.43. The Balaban J connectivity index is 4.15. The molecule has 0 spiro atoms. The molecular formula is C25H48NO10P. The van der Waals surface area contributed by atoms with E-state index in [2.05, 4.69) is 28.2 Å². The van der Waals surface area contributed by atoms with Crippen molar-refractivity contribution in [2.24, 2.45) is 0 Å². The minimum absolute atomic E-state index is 0.149. The zero-order valence-corrected chi connectivity index (χ0v) is 23.4. The van der Waals surface area contributed by atoms with Crippen molar-refractivity contribution in [3.05, 3.63) is 0 Å². The highest BCUT2D eigenvalue weighted by molar-refractivity contribution is 7.47. The number of nitrogens with one attached hydrogen (secondary N) is 1. The number of unbranched alkanes of at least 4 members (excludes halogenated alkanes) is 11. The second-order valence-corrected chi connectivity index (χ2v) is 10.7. The summed E-state index contributed by atoms with van der Waals surface area (Å²) in [4.78, 5) is 44.8. The third-order valence-electron chi connectivity index (χ3n) is 5.65. The van der Waals surface area contributed by atoms with E-state index in [9.17, 15) is 34.1 Å². The lowest BCUT2D eigenvalue weighted by Crippen LogP contribution is -2.43. The van der Waals surface area contributed by atoms with Gasteiger partial charge < -0.3 is 25.2 Å². The number of carbonyl (C=O) groups excluding carboxylic acids is 2. The first-order valence-electron chi connectivity index (χ1n) is 13.6. The van der Waals surface area contributed by atoms with E-state index < -0.39 is 57.6 Å². The standard InChI is InChI=1S/C25H48NO10P/c1-3-5-7-9-10-11-12-13-14-16-23(28)26-22(25(30)31)20-36-37(32,33)35-19-21(27)18-34-24(29)17-15-8-6-4-2/h21-22,27H,3-20H2,1-2H3,(H,26,28)(H,30,31)(H,32,33). The molecule has 0 aliphatic heterocycles. The molecule has 1 amide bonds. The van der Waals surface area contributed by atoms with Gasteiger partial charge in [-0.3, -0.25) is 18.6 Å². The monoisotopic (exact) mass is 553 g/mol. The summed E-state index contributed by atoms with van der Waals surface area (Å²) in [5, 5.41) is 21.4. The number of aliphatic hydroxyl groups excluding tert-OH is 1. The van der Waals surface area contributed by atoms with E-state index in [1.807, 2.05) is 0 Å². The van der Waals surface area contributed by atoms with E-state index in [1.54, 1.807) is 0 Å². The van der Waals surface area contributed by atoms with Crippen molar-refractivity contribution in [1.82, 2.24) is 5.32 Å². The number of carbonyl (C=O) groups is 3. The van der Waals surface area contributed by atoms with Gasteiger partial charge in [0.2, 0.25) is 5.91 Å². The molecule has 0 fully saturated rings. The molecule has 11 nitrogen and oxygen atoms in total. The Morgan fingerprint density at radius 1 is 0.757 bits per heavy atom. The average molecular weight is 554 g/mol. The summed E-state index contributed by atoms with van der Waals surface area (Å²) in [6.07, 6.45) is 12.4. The Hall–Kier alpha value is -1.52. The summed E-state index contributed by atoms with van der Waals surface area (Å²) >= 11 is 0. The molecule has 0 aromatic carbocycles. The smallest absolute Gasteiger partial charge is 0.472 e. The third kappa shape index (κ3) is 22.2. The third-order valence-corrected chi connectivity index (χ3v) is 6.60. The highest BCUT2D eigenvalue weighted by Gasteiger charge is 2.28. The Kier molecular flexibility index (Phi) is 21.5. The molecule has 0 saturated heterocycles. The van der Waals surface area contributed by atoms with E-state index >= 15 is 0 Å². The van der Waals surface area contributed by atoms with E-state index in [1.165, 1.54) is 32.1 Å². The molecule has 0 heterocycles. The summed E-state index contributed by atoms with van der Waals surface area (Å²) in [6, 6.07) is -1.53. The summed E-state index contributed by atoms with van der Waals surface area (Å²) in [7, 11) is -4.72. The van der Waals surface area contributed by atoms with E-state index in [0.29, 0.717) is 12.8 Å². The summed E-state index contributed by atoms with van der Waals surface area (Å²) < 4.78 is 26.2. The second-order valence-electron chi connectivity index (χ2n) is 9.24. The molecular weight excluding hydrogens is 505 g/mol. The largest absolute Gasteiger partial charge is 0.480 e. The first-order valence-corrected chi connectivity index (χ1v) is 15.1. The van der Waals surface area contributed by atoms with Crippen LogP contribution in [0.25, 0.3) is 0 Å². The van der Waals surface area contributed by atoms with Crippen LogP contribution in [0.15, 0.2) is 0 Å². The lowest BCUT2D eigenvalue weighted by molar-refractivity contribution is -0.147. The topological polar surface area (TPSA) is 169 Å². The highest BCUT2D eigenvalue weighted by atomic mass is 31.2. The fourth-order valence-electron chi connectivity index (χ4n) is 3.43. The lowest BCUT2D eigenvalue weighted by Gasteiger charge is -2.18. The minimum Gasteiger partial charge on any atom is -0.480 e. The number of amides is 1. The van der Waals surface area contributed by atoms with Gasteiger partial charge >= 0.3 is 19.8 Å². The average Bonchev–Trinajstić information content (AvgIpc) is 2.85. The molecule has 37 heavy (non-hydrogen) atoms. The van der Waals surface area contributed by atoms with E-state index in [-0.39, 0.29) is 12.8 Å². The number of phosphoric acid groups is 1. The number of ether oxygens (including phenoxy) is 1. The van der Waals surface area contributed by atoms with Crippen LogP contribution in [0.4, 0.5) is 0 Å². The van der Waals surface area contributed by atoms with Crippen molar-refractivity contribution in [3.8, 4) is 0 Å². The van der Waals surface area contributed by atoms with Gasteiger partial charge in [-0.05, 0) is 12.8 Å². The molecule has 3 atom stereocenters. The number of phosphoric ester groups is 1. The number of rotatable bonds is 25. The molecule has 218 valence electrons. The number of esters is 1. The van der Waals surface area contributed by atoms with Gasteiger partial charge in [0.15, 0.2) is 6.04 Å². The minimum atomic E-state index is -4.72. The van der Waals surface area contributed by atoms with Crippen molar-refractivity contribution in [3.63, 3.8) is 0 Å². The number of hydrogen-bond donors (Lipinski definition) is 4. The normalized spacial score (nSPS) is 14.5. The molecule has 0 aromatic rings. The number of hydrogen-bond acceptors (Lipinski definition) is 8. The van der Waals surface area contributed by atoms with Gasteiger partial charge in [-0.15, -0.1) is 0 Å². The lowest BCUT2D eigenvalue weighted by atomic mass is 10.1. The number of carboxylic acids is 1. The van der Waals surface area contributed by atoms with Crippen LogP contribution in [0, 0.1) is 0 Å². The molecule has 3 unspecified atom stereocenters. The molecule has 0 aliphatic carbocycles. The van der Waals surface area contributed by atoms with Crippen LogP contribution in [0.5, 0.6) is 0 Å². The molecule has 0 rings (SSSR count). The van der Waals surface area contributed by atoms with Gasteiger partial charge in [-0.2, -0.15) is 0 Å². The number of carboxylic acid groups (broad SMARTS) is 1. The molecule has 4 N–H and O–H groups in total. The summed E-state index contributed by atoms with van der Waals surface area (Å²) in [5.74, 6) is -2.40. The maximum absolute atomic E-state index is 12.1. The van der Waals surface area contributed by atoms with E-state index in [0.717, 1.165) is 38.5 Å². The first kappa shape index (κ1) is 35.5. The Morgan fingerprint density at radius 2 is 1.24 bits per heavy atom. The van der Waals surface area contributed by atoms with Crippen LogP contribution in [-0.2, 0) is 32.7 Å². The van der Waals surface area contributed by atoms with Crippen molar-refractivity contribution in [2.75, 3.05) is 19.8 Å². The van der Waals surface area contributed by atoms with Crippen LogP contribution in [0.2, 0.25) is 0 Å². The summed E-state index contributed by atoms with van der Waals surface area (Å²) in [6.45, 7) is 2.34. The van der Waals surface area contributed by atoms with Crippen molar-refractivity contribution < 1.29 is 47.8 Å². The first-order chi connectivity index (χ1) is 17.6. The van der Waals surface area contributed by atoms with Gasteiger partial charge in [0.1, 0.15) is 12.7 Å². The molecule has 0 bridgehead atoms. The van der Waals surface area contributed by atoms with Crippen LogP contribution < -0.4 is 5.32 Å². The molecule has 0 radical (unpaired) electrons. The van der Waals surface area contributed by atoms with Gasteiger partial charge in [0.25, 0.3) is 0 Å². The quantitative estimate of drug-likeness (QED) is 0.0718. The Bertz CT molecular complexity index is 676. The fourth-order valence-corrected chi connectivity index (χ4v) is 4.20. The number of aliphatic carboxylic acids is 1. The maximum Gasteiger partial charge on any atom is 0.472 e. The molecule has 0 saturated carbocycles. The SMILES string of the molecule is CCCCCCCCCCCC(=O)NC(COP(=O)(O)OCC(O)COC(=O)CCCCCC)C(=O)O. The zero-order chi connectivity index (χ0) is 27.9. The van der Waals surface area contributed by atoms with Crippen molar-refractivity contribution in [2.45, 2.75) is 122 Å². The van der Waals surface area contributed by atoms with Gasteiger partial charge in [0.05, 0.1) is 13.2 Å². The van der Waals surface area contributed by atoms with Crippen LogP contribution >= 0.6 is 7.82 Å².